The summed E-state index contributed by atoms with van der Waals surface area (Å²) in [6.07, 6.45) is -1.38. The largest absolute Gasteiger partial charge is 0.472 e. The van der Waals surface area contributed by atoms with Crippen molar-refractivity contribution in [1.29, 1.82) is 0 Å². The molecule has 0 unspecified atom stereocenters. The second-order valence-corrected chi connectivity index (χ2v) is 2.83. The summed E-state index contributed by atoms with van der Waals surface area (Å²) in [4.78, 5) is 14.5. The smallest absolute Gasteiger partial charge is 0.268 e. The van der Waals surface area contributed by atoms with Gasteiger partial charge in [0.15, 0.2) is 0 Å². The Balaban J connectivity index is 2.63. The van der Waals surface area contributed by atoms with Crippen molar-refractivity contribution >= 4 is 11.7 Å². The predicted octanol–water partition coefficient (Wildman–Crippen LogP) is 1.22. The molecule has 0 aromatic heterocycles. The van der Waals surface area contributed by atoms with E-state index in [2.05, 4.69) is 4.99 Å². The highest BCUT2D eigenvalue weighted by atomic mass is 19.4. The summed E-state index contributed by atoms with van der Waals surface area (Å²) in [6, 6.07) is 0. The Kier molecular flexibility index (Phi) is 3.33. The summed E-state index contributed by atoms with van der Waals surface area (Å²) in [5, 5.41) is 1.08. The number of aliphatic imine (C=N–C) groups is 1. The van der Waals surface area contributed by atoms with Gasteiger partial charge in [0.1, 0.15) is 5.84 Å². The van der Waals surface area contributed by atoms with E-state index in [-0.39, 0.29) is 6.54 Å². The van der Waals surface area contributed by atoms with Crippen LogP contribution in [0.5, 0.6) is 0 Å². The van der Waals surface area contributed by atoms with Gasteiger partial charge in [-0.3, -0.25) is 15.2 Å². The molecule has 84 valence electrons. The number of amidine groups is 1. The van der Waals surface area contributed by atoms with Crippen molar-refractivity contribution in [3.05, 3.63) is 12.3 Å². The quantitative estimate of drug-likeness (QED) is 0.761. The highest BCUT2D eigenvalue weighted by Crippen LogP contribution is 2.15. The maximum absolute atomic E-state index is 11.9. The maximum Gasteiger partial charge on any atom is 0.472 e. The third kappa shape index (κ3) is 2.97. The summed E-state index contributed by atoms with van der Waals surface area (Å²) in [5.41, 5.74) is 1.75. The van der Waals surface area contributed by atoms with Crippen LogP contribution in [0.2, 0.25) is 0 Å². The molecule has 0 radical (unpaired) electrons. The summed E-state index contributed by atoms with van der Waals surface area (Å²) in [6.45, 7) is 1.93. The van der Waals surface area contributed by atoms with Crippen LogP contribution in [0.1, 0.15) is 13.3 Å². The maximum atomic E-state index is 11.9. The topological polar surface area (TPSA) is 44.7 Å². The zero-order chi connectivity index (χ0) is 11.5. The standard InChI is InChI=1S/C8H10F3N3O/c1-2-6-12-4-3-5-14(6)13-7(15)8(9,10)11/h3-4H,2,5H2,1H3,(H,13,15). The SMILES string of the molecule is CCC1=NC=CCN1NC(=O)C(F)(F)F. The average molecular weight is 221 g/mol. The predicted molar refractivity (Wildman–Crippen MR) is 47.8 cm³/mol. The van der Waals surface area contributed by atoms with Crippen LogP contribution in [0.15, 0.2) is 17.3 Å². The van der Waals surface area contributed by atoms with Crippen LogP contribution in [0.25, 0.3) is 0 Å². The van der Waals surface area contributed by atoms with Crippen molar-refractivity contribution in [1.82, 2.24) is 10.4 Å². The normalized spacial score (nSPS) is 16.3. The Bertz CT molecular complexity index is 309. The molecule has 0 saturated heterocycles. The number of carbonyl (C=O) groups is 1. The number of hydrogen-bond donors (Lipinski definition) is 1. The molecule has 0 aromatic carbocycles. The van der Waals surface area contributed by atoms with Crippen LogP contribution in [0.3, 0.4) is 0 Å². The Morgan fingerprint density at radius 1 is 1.67 bits per heavy atom. The lowest BCUT2D eigenvalue weighted by molar-refractivity contribution is -0.177. The minimum atomic E-state index is -4.87. The summed E-state index contributed by atoms with van der Waals surface area (Å²) in [7, 11) is 0. The van der Waals surface area contributed by atoms with Crippen molar-refractivity contribution in [2.45, 2.75) is 19.5 Å². The second-order valence-electron chi connectivity index (χ2n) is 2.83. The Morgan fingerprint density at radius 2 is 2.33 bits per heavy atom. The first-order chi connectivity index (χ1) is 6.95. The van der Waals surface area contributed by atoms with Crippen molar-refractivity contribution in [2.24, 2.45) is 4.99 Å². The third-order valence-corrected chi connectivity index (χ3v) is 1.74. The first-order valence-electron chi connectivity index (χ1n) is 4.32. The molecular formula is C8H10F3N3O. The molecule has 1 N–H and O–H groups in total. The van der Waals surface area contributed by atoms with Crippen molar-refractivity contribution in [3.8, 4) is 0 Å². The number of halogens is 3. The first kappa shape index (κ1) is 11.5. The molecule has 0 aromatic rings. The van der Waals surface area contributed by atoms with E-state index in [4.69, 9.17) is 0 Å². The van der Waals surface area contributed by atoms with Crippen LogP contribution >= 0.6 is 0 Å². The molecule has 0 spiro atoms. The third-order valence-electron chi connectivity index (χ3n) is 1.74. The first-order valence-corrected chi connectivity index (χ1v) is 4.32. The van der Waals surface area contributed by atoms with Gasteiger partial charge >= 0.3 is 12.1 Å². The monoisotopic (exact) mass is 221 g/mol. The number of alkyl halides is 3. The van der Waals surface area contributed by atoms with Crippen molar-refractivity contribution in [2.75, 3.05) is 6.54 Å². The molecule has 1 heterocycles. The number of carbonyl (C=O) groups excluding carboxylic acids is 1. The number of nitrogens with zero attached hydrogens (tertiary/aromatic N) is 2. The summed E-state index contributed by atoms with van der Waals surface area (Å²) >= 11 is 0. The molecular weight excluding hydrogens is 211 g/mol. The van der Waals surface area contributed by atoms with E-state index in [1.54, 1.807) is 18.4 Å². The van der Waals surface area contributed by atoms with E-state index in [1.165, 1.54) is 6.20 Å². The Hall–Kier alpha value is -1.53. The van der Waals surface area contributed by atoms with Gasteiger partial charge in [0, 0.05) is 12.6 Å². The van der Waals surface area contributed by atoms with E-state index >= 15 is 0 Å². The number of amides is 1. The highest BCUT2D eigenvalue weighted by molar-refractivity contribution is 5.88. The molecule has 1 aliphatic heterocycles. The van der Waals surface area contributed by atoms with Crippen LogP contribution in [0, 0.1) is 0 Å². The van der Waals surface area contributed by atoms with Gasteiger partial charge in [-0.1, -0.05) is 6.92 Å². The molecule has 0 saturated carbocycles. The van der Waals surface area contributed by atoms with Crippen molar-refractivity contribution < 1.29 is 18.0 Å². The van der Waals surface area contributed by atoms with Gasteiger partial charge < -0.3 is 0 Å². The molecule has 4 nitrogen and oxygen atoms in total. The molecule has 0 atom stereocenters. The minimum absolute atomic E-state index is 0.189. The van der Waals surface area contributed by atoms with E-state index in [1.807, 2.05) is 0 Å². The van der Waals surface area contributed by atoms with Crippen LogP contribution in [-0.4, -0.2) is 29.5 Å². The fourth-order valence-corrected chi connectivity index (χ4v) is 1.04. The van der Waals surface area contributed by atoms with Gasteiger partial charge in [-0.05, 0) is 6.08 Å². The van der Waals surface area contributed by atoms with E-state index in [0.29, 0.717) is 12.3 Å². The van der Waals surface area contributed by atoms with Gasteiger partial charge in [0.25, 0.3) is 0 Å². The minimum Gasteiger partial charge on any atom is -0.268 e. The van der Waals surface area contributed by atoms with Crippen LogP contribution in [0.4, 0.5) is 13.2 Å². The van der Waals surface area contributed by atoms with Crippen molar-refractivity contribution in [3.63, 3.8) is 0 Å². The lowest BCUT2D eigenvalue weighted by atomic mass is 10.3. The lowest BCUT2D eigenvalue weighted by Gasteiger charge is -2.26. The number of hydrazine groups is 1. The van der Waals surface area contributed by atoms with Gasteiger partial charge in [-0.15, -0.1) is 0 Å². The zero-order valence-electron chi connectivity index (χ0n) is 8.01. The van der Waals surface area contributed by atoms with E-state index in [0.717, 1.165) is 5.01 Å². The van der Waals surface area contributed by atoms with Gasteiger partial charge in [0.2, 0.25) is 0 Å². The van der Waals surface area contributed by atoms with Crippen LogP contribution < -0.4 is 5.43 Å². The van der Waals surface area contributed by atoms with Crippen LogP contribution in [-0.2, 0) is 4.79 Å². The molecule has 0 aliphatic carbocycles. The van der Waals surface area contributed by atoms with Gasteiger partial charge in [0.05, 0.1) is 6.54 Å². The fourth-order valence-electron chi connectivity index (χ4n) is 1.04. The molecule has 0 bridgehead atoms. The Morgan fingerprint density at radius 3 is 2.87 bits per heavy atom. The van der Waals surface area contributed by atoms with Gasteiger partial charge in [-0.25, -0.2) is 4.99 Å². The zero-order valence-corrected chi connectivity index (χ0v) is 8.01. The summed E-state index contributed by atoms with van der Waals surface area (Å²) in [5.74, 6) is -1.59. The van der Waals surface area contributed by atoms with Gasteiger partial charge in [-0.2, -0.15) is 13.2 Å². The molecule has 1 amide bonds. The Labute approximate surface area is 84.4 Å². The second kappa shape index (κ2) is 4.33. The highest BCUT2D eigenvalue weighted by Gasteiger charge is 2.40. The fraction of sp³-hybridized carbons (Fsp3) is 0.500. The molecule has 1 aliphatic rings. The molecule has 7 heteroatoms. The van der Waals surface area contributed by atoms with E-state index < -0.39 is 12.1 Å². The number of nitrogens with one attached hydrogen (secondary N) is 1. The molecule has 0 fully saturated rings. The average Bonchev–Trinajstić information content (AvgIpc) is 2.17. The number of rotatable bonds is 2. The molecule has 15 heavy (non-hydrogen) atoms. The van der Waals surface area contributed by atoms with E-state index in [9.17, 15) is 18.0 Å². The lowest BCUT2D eigenvalue weighted by Crippen LogP contribution is -2.51. The summed E-state index contributed by atoms with van der Waals surface area (Å²) < 4.78 is 35.8. The number of hydrogen-bond acceptors (Lipinski definition) is 3. The molecule has 1 rings (SSSR count).